The standard InChI is InChI=1S/C7H12ClNO3/c1-4-7(2,5(10)11)9(3)6(8)12/h4H2,1-3H3,(H,10,11). The van der Waals surface area contributed by atoms with Crippen LogP contribution in [0.1, 0.15) is 20.3 Å². The summed E-state index contributed by atoms with van der Waals surface area (Å²) in [6.45, 7) is 3.14. The maximum absolute atomic E-state index is 10.7. The molecule has 5 heteroatoms. The predicted molar refractivity (Wildman–Crippen MR) is 45.3 cm³/mol. The van der Waals surface area contributed by atoms with Gasteiger partial charge in [-0.2, -0.15) is 0 Å². The first-order valence-corrected chi connectivity index (χ1v) is 3.90. The van der Waals surface area contributed by atoms with Crippen LogP contribution in [-0.4, -0.2) is 33.9 Å². The van der Waals surface area contributed by atoms with Gasteiger partial charge >= 0.3 is 11.3 Å². The van der Waals surface area contributed by atoms with Crippen LogP contribution in [-0.2, 0) is 4.79 Å². The van der Waals surface area contributed by atoms with Gasteiger partial charge in [0, 0.05) is 7.05 Å². The number of carbonyl (C=O) groups excluding carboxylic acids is 1. The lowest BCUT2D eigenvalue weighted by Gasteiger charge is -2.32. The van der Waals surface area contributed by atoms with Crippen LogP contribution in [0.2, 0.25) is 0 Å². The number of halogens is 1. The number of hydrogen-bond donors (Lipinski definition) is 1. The van der Waals surface area contributed by atoms with Gasteiger partial charge in [-0.15, -0.1) is 0 Å². The molecule has 0 saturated heterocycles. The van der Waals surface area contributed by atoms with Crippen LogP contribution in [0.3, 0.4) is 0 Å². The number of carboxylic acids is 1. The van der Waals surface area contributed by atoms with E-state index in [0.717, 1.165) is 4.90 Å². The molecule has 0 aromatic rings. The average Bonchev–Trinajstić information content (AvgIpc) is 2.01. The SMILES string of the molecule is CCC(C)(C(=O)O)N(C)C(=O)Cl. The maximum atomic E-state index is 10.7. The summed E-state index contributed by atoms with van der Waals surface area (Å²) in [4.78, 5) is 22.4. The molecule has 12 heavy (non-hydrogen) atoms. The molecule has 1 unspecified atom stereocenters. The summed E-state index contributed by atoms with van der Waals surface area (Å²) in [5.41, 5.74) is -1.21. The molecule has 0 radical (unpaired) electrons. The van der Waals surface area contributed by atoms with Gasteiger partial charge < -0.3 is 10.0 Å². The number of hydrogen-bond acceptors (Lipinski definition) is 2. The molecule has 4 nitrogen and oxygen atoms in total. The molecule has 0 saturated carbocycles. The smallest absolute Gasteiger partial charge is 0.329 e. The Morgan fingerprint density at radius 1 is 1.58 bits per heavy atom. The van der Waals surface area contributed by atoms with Gasteiger partial charge in [0.2, 0.25) is 0 Å². The Morgan fingerprint density at radius 3 is 2.08 bits per heavy atom. The monoisotopic (exact) mass is 193 g/mol. The topological polar surface area (TPSA) is 57.6 Å². The summed E-state index contributed by atoms with van der Waals surface area (Å²) in [6.07, 6.45) is 0.317. The van der Waals surface area contributed by atoms with Crippen LogP contribution in [0.15, 0.2) is 0 Å². The Bertz CT molecular complexity index is 207. The Kier molecular flexibility index (Phi) is 3.52. The third-order valence-corrected chi connectivity index (χ3v) is 2.41. The fourth-order valence-electron chi connectivity index (χ4n) is 0.726. The summed E-state index contributed by atoms with van der Waals surface area (Å²) < 4.78 is 0. The van der Waals surface area contributed by atoms with E-state index in [4.69, 9.17) is 16.7 Å². The lowest BCUT2D eigenvalue weighted by molar-refractivity contribution is -0.147. The molecule has 0 aliphatic rings. The van der Waals surface area contributed by atoms with Crippen molar-refractivity contribution in [2.75, 3.05) is 7.05 Å². The normalized spacial score (nSPS) is 15.0. The van der Waals surface area contributed by atoms with Crippen molar-refractivity contribution in [1.82, 2.24) is 4.90 Å². The van der Waals surface area contributed by atoms with Crippen LogP contribution < -0.4 is 0 Å². The molecular weight excluding hydrogens is 182 g/mol. The van der Waals surface area contributed by atoms with Crippen LogP contribution in [0.4, 0.5) is 4.79 Å². The second-order valence-electron chi connectivity index (χ2n) is 2.74. The number of likely N-dealkylation sites (N-methyl/N-ethyl adjacent to an activating group) is 1. The van der Waals surface area contributed by atoms with E-state index >= 15 is 0 Å². The third kappa shape index (κ3) is 1.88. The Hall–Kier alpha value is -0.770. The zero-order valence-corrected chi connectivity index (χ0v) is 8.05. The number of nitrogens with zero attached hydrogens (tertiary/aromatic N) is 1. The van der Waals surface area contributed by atoms with Crippen LogP contribution >= 0.6 is 11.6 Å². The lowest BCUT2D eigenvalue weighted by Crippen LogP contribution is -2.51. The third-order valence-electron chi connectivity index (χ3n) is 2.15. The number of amides is 1. The van der Waals surface area contributed by atoms with E-state index in [-0.39, 0.29) is 0 Å². The van der Waals surface area contributed by atoms with E-state index in [9.17, 15) is 9.59 Å². The molecule has 0 aromatic heterocycles. The molecule has 0 aliphatic carbocycles. The molecular formula is C7H12ClNO3. The number of aliphatic carboxylic acids is 1. The molecule has 0 aliphatic heterocycles. The van der Waals surface area contributed by atoms with E-state index < -0.39 is 16.9 Å². The molecule has 0 heterocycles. The highest BCUT2D eigenvalue weighted by molar-refractivity contribution is 6.63. The van der Waals surface area contributed by atoms with Gasteiger partial charge in [-0.3, -0.25) is 4.79 Å². The number of rotatable bonds is 3. The van der Waals surface area contributed by atoms with Crippen LogP contribution in [0.25, 0.3) is 0 Å². The highest BCUT2D eigenvalue weighted by Crippen LogP contribution is 2.19. The quantitative estimate of drug-likeness (QED) is 0.546. The fraction of sp³-hybridized carbons (Fsp3) is 0.714. The number of carboxylic acid groups (broad SMARTS) is 1. The lowest BCUT2D eigenvalue weighted by atomic mass is 9.98. The molecule has 0 bridgehead atoms. The molecule has 0 aromatic carbocycles. The zero-order valence-electron chi connectivity index (χ0n) is 7.30. The van der Waals surface area contributed by atoms with Gasteiger partial charge in [-0.05, 0) is 24.9 Å². The molecule has 0 spiro atoms. The summed E-state index contributed by atoms with van der Waals surface area (Å²) in [6, 6.07) is 0. The summed E-state index contributed by atoms with van der Waals surface area (Å²) in [7, 11) is 1.37. The van der Waals surface area contributed by atoms with Crippen molar-refractivity contribution in [3.05, 3.63) is 0 Å². The summed E-state index contributed by atoms with van der Waals surface area (Å²) in [5, 5.41) is 8.04. The van der Waals surface area contributed by atoms with Crippen LogP contribution in [0, 0.1) is 0 Å². The van der Waals surface area contributed by atoms with E-state index in [2.05, 4.69) is 0 Å². The van der Waals surface area contributed by atoms with Crippen molar-refractivity contribution in [2.24, 2.45) is 0 Å². The first kappa shape index (κ1) is 11.2. The highest BCUT2D eigenvalue weighted by atomic mass is 35.5. The van der Waals surface area contributed by atoms with E-state index in [1.807, 2.05) is 0 Å². The van der Waals surface area contributed by atoms with Gasteiger partial charge in [-0.1, -0.05) is 6.92 Å². The minimum absolute atomic E-state index is 0.317. The second kappa shape index (κ2) is 3.76. The largest absolute Gasteiger partial charge is 0.480 e. The van der Waals surface area contributed by atoms with Crippen molar-refractivity contribution >= 4 is 22.9 Å². The first-order valence-electron chi connectivity index (χ1n) is 3.53. The molecule has 1 amide bonds. The van der Waals surface area contributed by atoms with Crippen molar-refractivity contribution in [3.8, 4) is 0 Å². The summed E-state index contributed by atoms with van der Waals surface area (Å²) in [5.74, 6) is -1.05. The number of carbonyl (C=O) groups is 2. The second-order valence-corrected chi connectivity index (χ2v) is 3.07. The fourth-order valence-corrected chi connectivity index (χ4v) is 0.912. The van der Waals surface area contributed by atoms with E-state index in [0.29, 0.717) is 6.42 Å². The van der Waals surface area contributed by atoms with Crippen LogP contribution in [0.5, 0.6) is 0 Å². The predicted octanol–water partition coefficient (Wildman–Crippen LogP) is 1.53. The van der Waals surface area contributed by atoms with Gasteiger partial charge in [0.25, 0.3) is 0 Å². The first-order chi connectivity index (χ1) is 5.36. The Morgan fingerprint density at radius 2 is 2.00 bits per heavy atom. The zero-order chi connectivity index (χ0) is 9.94. The molecule has 0 fully saturated rings. The van der Waals surface area contributed by atoms with Crippen molar-refractivity contribution in [2.45, 2.75) is 25.8 Å². The van der Waals surface area contributed by atoms with Gasteiger partial charge in [0.05, 0.1) is 0 Å². The van der Waals surface area contributed by atoms with Crippen molar-refractivity contribution in [3.63, 3.8) is 0 Å². The molecule has 0 rings (SSSR count). The van der Waals surface area contributed by atoms with Crippen molar-refractivity contribution < 1.29 is 14.7 Å². The summed E-state index contributed by atoms with van der Waals surface area (Å²) >= 11 is 5.16. The average molecular weight is 194 g/mol. The van der Waals surface area contributed by atoms with Gasteiger partial charge in [0.1, 0.15) is 5.54 Å². The van der Waals surface area contributed by atoms with E-state index in [1.165, 1.54) is 14.0 Å². The minimum atomic E-state index is -1.21. The minimum Gasteiger partial charge on any atom is -0.480 e. The van der Waals surface area contributed by atoms with Crippen molar-refractivity contribution in [1.29, 1.82) is 0 Å². The van der Waals surface area contributed by atoms with E-state index in [1.54, 1.807) is 6.92 Å². The highest BCUT2D eigenvalue weighted by Gasteiger charge is 2.37. The Balaban J connectivity index is 4.75. The molecule has 1 N–H and O–H groups in total. The van der Waals surface area contributed by atoms with Gasteiger partial charge in [-0.25, -0.2) is 4.79 Å². The Labute approximate surface area is 76.1 Å². The van der Waals surface area contributed by atoms with Gasteiger partial charge in [0.15, 0.2) is 0 Å². The maximum Gasteiger partial charge on any atom is 0.329 e. The molecule has 1 atom stereocenters. The molecule has 70 valence electrons.